The van der Waals surface area contributed by atoms with Crippen molar-refractivity contribution < 1.29 is 14.3 Å². The summed E-state index contributed by atoms with van der Waals surface area (Å²) in [5, 5.41) is 12.0. The van der Waals surface area contributed by atoms with E-state index in [4.69, 9.17) is 5.11 Å². The van der Waals surface area contributed by atoms with E-state index in [1.807, 2.05) is 0 Å². The SMILES string of the molecule is CC1CN(C)CCC1Nc1ccc(C(=O)O)cc1F. The molecule has 19 heavy (non-hydrogen) atoms. The van der Waals surface area contributed by atoms with Gasteiger partial charge in [0.1, 0.15) is 5.82 Å². The maximum absolute atomic E-state index is 13.8. The lowest BCUT2D eigenvalue weighted by molar-refractivity contribution is 0.0696. The number of nitrogens with one attached hydrogen (secondary N) is 1. The Morgan fingerprint density at radius 1 is 1.53 bits per heavy atom. The van der Waals surface area contributed by atoms with Gasteiger partial charge in [-0.3, -0.25) is 0 Å². The molecule has 0 radical (unpaired) electrons. The third kappa shape index (κ3) is 3.23. The van der Waals surface area contributed by atoms with Crippen LogP contribution in [0.2, 0.25) is 0 Å². The summed E-state index contributed by atoms with van der Waals surface area (Å²) in [6.07, 6.45) is 0.956. The number of likely N-dealkylation sites (tertiary alicyclic amines) is 1. The molecule has 1 aromatic rings. The number of anilines is 1. The highest BCUT2D eigenvalue weighted by Gasteiger charge is 2.24. The molecule has 104 valence electrons. The van der Waals surface area contributed by atoms with Crippen molar-refractivity contribution in [1.29, 1.82) is 0 Å². The molecule has 1 aliphatic heterocycles. The zero-order chi connectivity index (χ0) is 14.0. The van der Waals surface area contributed by atoms with Crippen LogP contribution in [0.25, 0.3) is 0 Å². The second-order valence-electron chi connectivity index (χ2n) is 5.28. The molecule has 2 rings (SSSR count). The zero-order valence-corrected chi connectivity index (χ0v) is 11.2. The summed E-state index contributed by atoms with van der Waals surface area (Å²) < 4.78 is 13.8. The van der Waals surface area contributed by atoms with Crippen molar-refractivity contribution in [3.63, 3.8) is 0 Å². The molecule has 4 nitrogen and oxygen atoms in total. The lowest BCUT2D eigenvalue weighted by Crippen LogP contribution is -2.43. The molecule has 2 unspecified atom stereocenters. The van der Waals surface area contributed by atoms with Crippen molar-refractivity contribution in [2.45, 2.75) is 19.4 Å². The van der Waals surface area contributed by atoms with Gasteiger partial charge in [-0.2, -0.15) is 0 Å². The van der Waals surface area contributed by atoms with Crippen molar-refractivity contribution in [3.05, 3.63) is 29.6 Å². The molecule has 0 bridgehead atoms. The number of aromatic carboxylic acids is 1. The Bertz CT molecular complexity index is 479. The minimum Gasteiger partial charge on any atom is -0.478 e. The number of nitrogens with zero attached hydrogens (tertiary/aromatic N) is 1. The van der Waals surface area contributed by atoms with Gasteiger partial charge in [0.25, 0.3) is 0 Å². The van der Waals surface area contributed by atoms with E-state index in [1.54, 1.807) is 0 Å². The van der Waals surface area contributed by atoms with Crippen molar-refractivity contribution in [2.75, 3.05) is 25.5 Å². The first-order valence-electron chi connectivity index (χ1n) is 6.45. The number of halogens is 1. The number of piperidine rings is 1. The van der Waals surface area contributed by atoms with Gasteiger partial charge >= 0.3 is 5.97 Å². The zero-order valence-electron chi connectivity index (χ0n) is 11.2. The molecule has 1 saturated heterocycles. The van der Waals surface area contributed by atoms with Gasteiger partial charge < -0.3 is 15.3 Å². The van der Waals surface area contributed by atoms with E-state index in [-0.39, 0.29) is 11.6 Å². The Kier molecular flexibility index (Phi) is 4.04. The van der Waals surface area contributed by atoms with Crippen molar-refractivity contribution in [3.8, 4) is 0 Å². The summed E-state index contributed by atoms with van der Waals surface area (Å²) in [4.78, 5) is 13.0. The van der Waals surface area contributed by atoms with Gasteiger partial charge in [0.05, 0.1) is 11.3 Å². The Hall–Kier alpha value is -1.62. The van der Waals surface area contributed by atoms with Crippen molar-refractivity contribution in [2.24, 2.45) is 5.92 Å². The molecule has 5 heteroatoms. The first kappa shape index (κ1) is 13.8. The molecule has 0 aliphatic carbocycles. The first-order chi connectivity index (χ1) is 8.97. The lowest BCUT2D eigenvalue weighted by Gasteiger charge is -2.35. The summed E-state index contributed by atoms with van der Waals surface area (Å²) in [7, 11) is 2.08. The largest absolute Gasteiger partial charge is 0.478 e. The highest BCUT2D eigenvalue weighted by Crippen LogP contribution is 2.23. The van der Waals surface area contributed by atoms with Crippen LogP contribution >= 0.6 is 0 Å². The van der Waals surface area contributed by atoms with Crippen LogP contribution in [0, 0.1) is 11.7 Å². The van der Waals surface area contributed by atoms with E-state index in [1.165, 1.54) is 12.1 Å². The molecule has 0 aromatic heterocycles. The summed E-state index contributed by atoms with van der Waals surface area (Å²) in [5.41, 5.74) is 0.353. The molecule has 1 fully saturated rings. The fraction of sp³-hybridized carbons (Fsp3) is 0.500. The summed E-state index contributed by atoms with van der Waals surface area (Å²) in [6, 6.07) is 4.21. The second-order valence-corrected chi connectivity index (χ2v) is 5.28. The first-order valence-corrected chi connectivity index (χ1v) is 6.45. The Balaban J connectivity index is 2.09. The molecular formula is C14H19FN2O2. The van der Waals surface area contributed by atoms with Crippen LogP contribution < -0.4 is 5.32 Å². The maximum atomic E-state index is 13.8. The Labute approximate surface area is 112 Å². The number of carboxylic acids is 1. The summed E-state index contributed by atoms with van der Waals surface area (Å²) in [6.45, 7) is 4.10. The third-order valence-electron chi connectivity index (χ3n) is 3.67. The molecule has 0 spiro atoms. The van der Waals surface area contributed by atoms with Crippen molar-refractivity contribution in [1.82, 2.24) is 4.90 Å². The molecule has 2 atom stereocenters. The summed E-state index contributed by atoms with van der Waals surface area (Å²) >= 11 is 0. The second kappa shape index (κ2) is 5.57. The Morgan fingerprint density at radius 3 is 2.84 bits per heavy atom. The number of carbonyl (C=O) groups is 1. The van der Waals surface area contributed by atoms with Crippen molar-refractivity contribution >= 4 is 11.7 Å². The normalized spacial score (nSPS) is 24.2. The maximum Gasteiger partial charge on any atom is 0.335 e. The predicted molar refractivity (Wildman–Crippen MR) is 72.0 cm³/mol. The van der Waals surface area contributed by atoms with Gasteiger partial charge in [-0.05, 0) is 44.1 Å². The van der Waals surface area contributed by atoms with E-state index < -0.39 is 11.8 Å². The number of benzene rings is 1. The molecule has 2 N–H and O–H groups in total. The van der Waals surface area contributed by atoms with E-state index in [2.05, 4.69) is 24.2 Å². The van der Waals surface area contributed by atoms with Gasteiger partial charge in [0.15, 0.2) is 0 Å². The van der Waals surface area contributed by atoms with Gasteiger partial charge in [0, 0.05) is 12.6 Å². The predicted octanol–water partition coefficient (Wildman–Crippen LogP) is 2.28. The lowest BCUT2D eigenvalue weighted by atomic mass is 9.94. The van der Waals surface area contributed by atoms with E-state index >= 15 is 0 Å². The summed E-state index contributed by atoms with van der Waals surface area (Å²) in [5.74, 6) is -1.19. The van der Waals surface area contributed by atoms with Gasteiger partial charge in [-0.25, -0.2) is 9.18 Å². The molecule has 1 aromatic carbocycles. The highest BCUT2D eigenvalue weighted by atomic mass is 19.1. The van der Waals surface area contributed by atoms with Crippen LogP contribution in [-0.2, 0) is 0 Å². The molecule has 1 aliphatic rings. The van der Waals surface area contributed by atoms with E-state index in [0.717, 1.165) is 25.6 Å². The van der Waals surface area contributed by atoms with Crippen LogP contribution in [0.1, 0.15) is 23.7 Å². The molecule has 1 heterocycles. The number of hydrogen-bond acceptors (Lipinski definition) is 3. The van der Waals surface area contributed by atoms with Gasteiger partial charge in [-0.15, -0.1) is 0 Å². The van der Waals surface area contributed by atoms with E-state index in [9.17, 15) is 9.18 Å². The quantitative estimate of drug-likeness (QED) is 0.881. The number of rotatable bonds is 3. The smallest absolute Gasteiger partial charge is 0.335 e. The standard InChI is InChI=1S/C14H19FN2O2/c1-9-8-17(2)6-5-12(9)16-13-4-3-10(14(18)19)7-11(13)15/h3-4,7,9,12,16H,5-6,8H2,1-2H3,(H,18,19). The number of hydrogen-bond donors (Lipinski definition) is 2. The monoisotopic (exact) mass is 266 g/mol. The third-order valence-corrected chi connectivity index (χ3v) is 3.67. The van der Waals surface area contributed by atoms with Crippen LogP contribution in [0.4, 0.5) is 10.1 Å². The molecular weight excluding hydrogens is 247 g/mol. The topological polar surface area (TPSA) is 52.6 Å². The number of carboxylic acid groups (broad SMARTS) is 1. The van der Waals surface area contributed by atoms with Crippen LogP contribution in [0.15, 0.2) is 18.2 Å². The fourth-order valence-electron chi connectivity index (χ4n) is 2.53. The van der Waals surface area contributed by atoms with E-state index in [0.29, 0.717) is 11.6 Å². The fourth-order valence-corrected chi connectivity index (χ4v) is 2.53. The average Bonchev–Trinajstić information content (AvgIpc) is 2.34. The highest BCUT2D eigenvalue weighted by molar-refractivity contribution is 5.88. The van der Waals surface area contributed by atoms with Crippen LogP contribution in [0.5, 0.6) is 0 Å². The molecule has 0 amide bonds. The molecule has 0 saturated carbocycles. The van der Waals surface area contributed by atoms with Gasteiger partial charge in [-0.1, -0.05) is 6.92 Å². The van der Waals surface area contributed by atoms with Gasteiger partial charge in [0.2, 0.25) is 0 Å². The Morgan fingerprint density at radius 2 is 2.26 bits per heavy atom. The average molecular weight is 266 g/mol. The van der Waals surface area contributed by atoms with Crippen LogP contribution in [-0.4, -0.2) is 42.2 Å². The minimum atomic E-state index is -1.11. The van der Waals surface area contributed by atoms with Crippen LogP contribution in [0.3, 0.4) is 0 Å². The minimum absolute atomic E-state index is 0.0283.